The highest BCUT2D eigenvalue weighted by atomic mass is 16.6. The number of nitro groups is 1. The van der Waals surface area contributed by atoms with Crippen molar-refractivity contribution in [2.45, 2.75) is 18.9 Å². The summed E-state index contributed by atoms with van der Waals surface area (Å²) in [6.07, 6.45) is 0. The van der Waals surface area contributed by atoms with Crippen molar-refractivity contribution in [3.63, 3.8) is 0 Å². The van der Waals surface area contributed by atoms with E-state index in [2.05, 4.69) is 10.6 Å². The monoisotopic (exact) mass is 329 g/mol. The van der Waals surface area contributed by atoms with Gasteiger partial charge in [-0.05, 0) is 11.6 Å². The van der Waals surface area contributed by atoms with Crippen molar-refractivity contribution in [3.05, 3.63) is 70.3 Å². The fourth-order valence-corrected chi connectivity index (χ4v) is 2.35. The fourth-order valence-electron chi connectivity index (χ4n) is 2.35. The minimum absolute atomic E-state index is 0.0907. The highest BCUT2D eigenvalue weighted by Gasteiger charge is 2.20. The van der Waals surface area contributed by atoms with Crippen LogP contribution >= 0.6 is 0 Å². The molecule has 7 heteroatoms. The van der Waals surface area contributed by atoms with Crippen LogP contribution in [0.1, 0.15) is 18.4 Å². The van der Waals surface area contributed by atoms with Crippen LogP contribution < -0.4 is 10.6 Å². The number of aliphatic hydroxyl groups is 1. The first-order valence-electron chi connectivity index (χ1n) is 7.49. The number of benzene rings is 2. The number of nitrogens with one attached hydrogen (secondary N) is 2. The molecule has 126 valence electrons. The molecule has 0 bridgehead atoms. The maximum absolute atomic E-state index is 12.1. The normalized spacial score (nSPS) is 12.9. The number of carbonyl (C=O) groups excluding carboxylic acids is 1. The highest BCUT2D eigenvalue weighted by molar-refractivity contribution is 5.89. The molecule has 2 unspecified atom stereocenters. The first-order chi connectivity index (χ1) is 11.5. The topological polar surface area (TPSA) is 104 Å². The molecule has 0 saturated heterocycles. The molecule has 2 rings (SSSR count). The third kappa shape index (κ3) is 4.53. The van der Waals surface area contributed by atoms with E-state index in [1.165, 1.54) is 18.2 Å². The van der Waals surface area contributed by atoms with Crippen LogP contribution in [0.4, 0.5) is 16.2 Å². The summed E-state index contributed by atoms with van der Waals surface area (Å²) in [4.78, 5) is 22.3. The average molecular weight is 329 g/mol. The number of urea groups is 1. The molecule has 7 nitrogen and oxygen atoms in total. The van der Waals surface area contributed by atoms with Gasteiger partial charge in [0, 0.05) is 23.7 Å². The van der Waals surface area contributed by atoms with E-state index in [4.69, 9.17) is 0 Å². The Morgan fingerprint density at radius 3 is 2.54 bits per heavy atom. The van der Waals surface area contributed by atoms with Crippen molar-refractivity contribution in [3.8, 4) is 0 Å². The summed E-state index contributed by atoms with van der Waals surface area (Å²) >= 11 is 0. The molecule has 0 aliphatic rings. The lowest BCUT2D eigenvalue weighted by Crippen LogP contribution is -2.43. The first-order valence-corrected chi connectivity index (χ1v) is 7.49. The maximum atomic E-state index is 12.1. The van der Waals surface area contributed by atoms with Crippen molar-refractivity contribution in [2.75, 3.05) is 11.9 Å². The van der Waals surface area contributed by atoms with Crippen molar-refractivity contribution in [1.82, 2.24) is 5.32 Å². The number of carbonyl (C=O) groups is 1. The number of amides is 2. The molecule has 3 N–H and O–H groups in total. The number of rotatable bonds is 6. The summed E-state index contributed by atoms with van der Waals surface area (Å²) in [6.45, 7) is 1.68. The molecule has 0 heterocycles. The lowest BCUT2D eigenvalue weighted by atomic mass is 9.94. The van der Waals surface area contributed by atoms with Gasteiger partial charge in [-0.3, -0.25) is 10.1 Å². The second-order valence-electron chi connectivity index (χ2n) is 5.39. The zero-order valence-electron chi connectivity index (χ0n) is 13.2. The van der Waals surface area contributed by atoms with Gasteiger partial charge in [-0.2, -0.15) is 0 Å². The Morgan fingerprint density at radius 1 is 1.21 bits per heavy atom. The molecule has 0 radical (unpaired) electrons. The molecule has 2 aromatic carbocycles. The molecular formula is C17H19N3O4. The zero-order chi connectivity index (χ0) is 17.5. The van der Waals surface area contributed by atoms with Gasteiger partial charge in [0.1, 0.15) is 0 Å². The number of aliphatic hydroxyl groups excluding tert-OH is 1. The summed E-state index contributed by atoms with van der Waals surface area (Å²) in [5, 5.41) is 25.5. The van der Waals surface area contributed by atoms with Gasteiger partial charge >= 0.3 is 6.03 Å². The van der Waals surface area contributed by atoms with Gasteiger partial charge in [0.15, 0.2) is 0 Å². The van der Waals surface area contributed by atoms with Gasteiger partial charge in [0.05, 0.1) is 17.6 Å². The van der Waals surface area contributed by atoms with E-state index in [1.807, 2.05) is 37.3 Å². The standard InChI is InChI=1S/C17H19N3O4/c1-12(13-6-3-2-4-7-13)16(11-21)19-17(22)18-14-8-5-9-15(10-14)20(23)24/h2-10,12,16,21H,11H2,1H3,(H2,18,19,22). The molecule has 0 aromatic heterocycles. The van der Waals surface area contributed by atoms with Gasteiger partial charge in [-0.25, -0.2) is 4.79 Å². The third-order valence-corrected chi connectivity index (χ3v) is 3.76. The number of hydrogen-bond acceptors (Lipinski definition) is 4. The van der Waals surface area contributed by atoms with Crippen LogP contribution in [0.3, 0.4) is 0 Å². The van der Waals surface area contributed by atoms with Crippen LogP contribution in [0.2, 0.25) is 0 Å². The minimum Gasteiger partial charge on any atom is -0.394 e. The summed E-state index contributed by atoms with van der Waals surface area (Å²) < 4.78 is 0. The van der Waals surface area contributed by atoms with E-state index in [1.54, 1.807) is 6.07 Å². The zero-order valence-corrected chi connectivity index (χ0v) is 13.2. The largest absolute Gasteiger partial charge is 0.394 e. The van der Waals surface area contributed by atoms with E-state index in [0.717, 1.165) is 5.56 Å². The van der Waals surface area contributed by atoms with Crippen molar-refractivity contribution < 1.29 is 14.8 Å². The first kappa shape index (κ1) is 17.4. The molecule has 0 spiro atoms. The number of hydrogen-bond donors (Lipinski definition) is 3. The Hall–Kier alpha value is -2.93. The summed E-state index contributed by atoms with van der Waals surface area (Å²) in [6, 6.07) is 14.2. The quantitative estimate of drug-likeness (QED) is 0.560. The van der Waals surface area contributed by atoms with Gasteiger partial charge < -0.3 is 15.7 Å². The van der Waals surface area contributed by atoms with Crippen LogP contribution in [-0.2, 0) is 0 Å². The van der Waals surface area contributed by atoms with E-state index in [9.17, 15) is 20.0 Å². The van der Waals surface area contributed by atoms with Crippen molar-refractivity contribution in [1.29, 1.82) is 0 Å². The van der Waals surface area contributed by atoms with Crippen LogP contribution in [0, 0.1) is 10.1 Å². The molecule has 2 aromatic rings. The number of anilines is 1. The van der Waals surface area contributed by atoms with E-state index in [0.29, 0.717) is 5.69 Å². The van der Waals surface area contributed by atoms with Crippen molar-refractivity contribution in [2.24, 2.45) is 0 Å². The predicted molar refractivity (Wildman–Crippen MR) is 91.0 cm³/mol. The Kier molecular flexibility index (Phi) is 5.86. The predicted octanol–water partition coefficient (Wildman–Crippen LogP) is 2.88. The molecular weight excluding hydrogens is 310 g/mol. The Morgan fingerprint density at radius 2 is 1.92 bits per heavy atom. The van der Waals surface area contributed by atoms with Crippen LogP contribution in [0.25, 0.3) is 0 Å². The highest BCUT2D eigenvalue weighted by Crippen LogP contribution is 2.20. The van der Waals surface area contributed by atoms with E-state index < -0.39 is 17.0 Å². The Bertz CT molecular complexity index is 706. The molecule has 0 aliphatic carbocycles. The molecule has 2 amide bonds. The minimum atomic E-state index is -0.531. The molecule has 0 aliphatic heterocycles. The lowest BCUT2D eigenvalue weighted by Gasteiger charge is -2.23. The summed E-state index contributed by atoms with van der Waals surface area (Å²) in [7, 11) is 0. The third-order valence-electron chi connectivity index (χ3n) is 3.76. The van der Waals surface area contributed by atoms with Crippen LogP contribution in [0.5, 0.6) is 0 Å². The molecule has 2 atom stereocenters. The average Bonchev–Trinajstić information content (AvgIpc) is 2.60. The SMILES string of the molecule is CC(c1ccccc1)C(CO)NC(=O)Nc1cccc([N+](=O)[O-])c1. The second kappa shape index (κ2) is 8.07. The fraction of sp³-hybridized carbons (Fsp3) is 0.235. The van der Waals surface area contributed by atoms with Gasteiger partial charge in [0.25, 0.3) is 5.69 Å². The summed E-state index contributed by atoms with van der Waals surface area (Å²) in [5.74, 6) is -0.0907. The molecule has 24 heavy (non-hydrogen) atoms. The van der Waals surface area contributed by atoms with E-state index >= 15 is 0 Å². The summed E-state index contributed by atoms with van der Waals surface area (Å²) in [5.41, 5.74) is 1.20. The smallest absolute Gasteiger partial charge is 0.319 e. The van der Waals surface area contributed by atoms with Crippen LogP contribution in [0.15, 0.2) is 54.6 Å². The molecule has 0 fully saturated rings. The number of non-ortho nitro benzene ring substituents is 1. The molecule has 0 saturated carbocycles. The second-order valence-corrected chi connectivity index (χ2v) is 5.39. The van der Waals surface area contributed by atoms with Gasteiger partial charge in [-0.1, -0.05) is 43.3 Å². The maximum Gasteiger partial charge on any atom is 0.319 e. The van der Waals surface area contributed by atoms with Gasteiger partial charge in [0.2, 0.25) is 0 Å². The lowest BCUT2D eigenvalue weighted by molar-refractivity contribution is -0.384. The number of nitrogens with zero attached hydrogens (tertiary/aromatic N) is 1. The Labute approximate surface area is 139 Å². The van der Waals surface area contributed by atoms with E-state index in [-0.39, 0.29) is 18.2 Å². The Balaban J connectivity index is 2.02. The van der Waals surface area contributed by atoms with Crippen molar-refractivity contribution >= 4 is 17.4 Å². The number of nitro benzene ring substituents is 1. The van der Waals surface area contributed by atoms with Crippen LogP contribution in [-0.4, -0.2) is 28.7 Å². The van der Waals surface area contributed by atoms with Gasteiger partial charge in [-0.15, -0.1) is 0 Å².